The molecule has 2 N–H and O–H groups in total. The fourth-order valence-corrected chi connectivity index (χ4v) is 2.46. The minimum Gasteiger partial charge on any atom is -0.490 e. The normalized spacial score (nSPS) is 20.1. The molecular formula is C8H9ClF3NOS. The van der Waals surface area contributed by atoms with Gasteiger partial charge in [0.05, 0.1) is 0 Å². The Labute approximate surface area is 94.6 Å². The minimum atomic E-state index is -4.33. The lowest BCUT2D eigenvalue weighted by Crippen LogP contribution is -2.33. The highest BCUT2D eigenvalue weighted by Crippen LogP contribution is 2.43. The monoisotopic (exact) mass is 259 g/mol. The van der Waals surface area contributed by atoms with Crippen molar-refractivity contribution in [1.82, 2.24) is 0 Å². The second-order valence-corrected chi connectivity index (χ2v) is 4.14. The molecule has 0 aromatic carbocycles. The Morgan fingerprint density at radius 3 is 2.73 bits per heavy atom. The highest BCUT2D eigenvalue weighted by Gasteiger charge is 2.38. The average Bonchev–Trinajstić information content (AvgIpc) is 2.45. The smallest absolute Gasteiger partial charge is 0.420 e. The van der Waals surface area contributed by atoms with Crippen LogP contribution in [0.25, 0.3) is 0 Å². The molecule has 1 aromatic heterocycles. The number of hydrogen-bond donors (Lipinski definition) is 1. The van der Waals surface area contributed by atoms with Gasteiger partial charge in [-0.3, -0.25) is 0 Å². The van der Waals surface area contributed by atoms with Gasteiger partial charge in [-0.05, 0) is 0 Å². The third kappa shape index (κ3) is 2.38. The van der Waals surface area contributed by atoms with Crippen molar-refractivity contribution in [2.24, 2.45) is 5.73 Å². The first kappa shape index (κ1) is 12.6. The molecule has 1 aromatic rings. The van der Waals surface area contributed by atoms with Gasteiger partial charge in [-0.15, -0.1) is 23.7 Å². The van der Waals surface area contributed by atoms with Crippen molar-refractivity contribution < 1.29 is 17.9 Å². The number of alkyl halides is 3. The quantitative estimate of drug-likeness (QED) is 0.777. The van der Waals surface area contributed by atoms with Crippen molar-refractivity contribution in [3.8, 4) is 5.75 Å². The maximum atomic E-state index is 12.4. The predicted octanol–water partition coefficient (Wildman–Crippen LogP) is 2.45. The van der Waals surface area contributed by atoms with Gasteiger partial charge in [-0.1, -0.05) is 0 Å². The first-order valence-corrected chi connectivity index (χ1v) is 4.92. The summed E-state index contributed by atoms with van der Waals surface area (Å²) in [6.07, 6.45) is -3.86. The van der Waals surface area contributed by atoms with Gasteiger partial charge in [0.2, 0.25) is 0 Å². The van der Waals surface area contributed by atoms with E-state index in [1.165, 1.54) is 0 Å². The summed E-state index contributed by atoms with van der Waals surface area (Å²) in [4.78, 5) is 0.594. The molecule has 2 heterocycles. The summed E-state index contributed by atoms with van der Waals surface area (Å²) >= 11 is 1.06. The zero-order valence-corrected chi connectivity index (χ0v) is 9.14. The molecular weight excluding hydrogens is 251 g/mol. The lowest BCUT2D eigenvalue weighted by Gasteiger charge is -2.20. The fraction of sp³-hybridized carbons (Fsp3) is 0.500. The van der Waals surface area contributed by atoms with Crippen molar-refractivity contribution in [3.05, 3.63) is 15.8 Å². The third-order valence-electron chi connectivity index (χ3n) is 2.01. The zero-order chi connectivity index (χ0) is 10.3. The Hall–Kier alpha value is -0.460. The summed E-state index contributed by atoms with van der Waals surface area (Å²) in [7, 11) is 0. The van der Waals surface area contributed by atoms with Crippen LogP contribution in [0.15, 0.2) is 5.38 Å². The summed E-state index contributed by atoms with van der Waals surface area (Å²) in [6, 6.07) is -0.192. The van der Waals surface area contributed by atoms with E-state index in [1.807, 2.05) is 0 Å². The molecule has 0 aliphatic carbocycles. The lowest BCUT2D eigenvalue weighted by molar-refractivity contribution is -0.138. The number of nitrogens with two attached hydrogens (primary N) is 1. The van der Waals surface area contributed by atoms with Crippen LogP contribution >= 0.6 is 23.7 Å². The molecule has 0 radical (unpaired) electrons. The van der Waals surface area contributed by atoms with Crippen molar-refractivity contribution in [3.63, 3.8) is 0 Å². The molecule has 0 amide bonds. The standard InChI is InChI=1S/C8H8F3NOS.ClH/c9-8(10,11)5-3-14-6-1-4(12)2-13-7(5)6;/h3-4H,1-2,12H2;1H. The Bertz CT molecular complexity index is 352. The lowest BCUT2D eigenvalue weighted by atomic mass is 10.1. The van der Waals surface area contributed by atoms with Crippen LogP contribution in [0.4, 0.5) is 13.2 Å². The largest absolute Gasteiger partial charge is 0.490 e. The average molecular weight is 260 g/mol. The van der Waals surface area contributed by atoms with Gasteiger partial charge in [0.25, 0.3) is 0 Å². The first-order chi connectivity index (χ1) is 6.48. The molecule has 1 aliphatic rings. The molecule has 1 unspecified atom stereocenters. The molecule has 86 valence electrons. The topological polar surface area (TPSA) is 35.2 Å². The van der Waals surface area contributed by atoms with Crippen LogP contribution in [-0.2, 0) is 12.6 Å². The van der Waals surface area contributed by atoms with Crippen LogP contribution in [0.3, 0.4) is 0 Å². The van der Waals surface area contributed by atoms with E-state index < -0.39 is 11.7 Å². The van der Waals surface area contributed by atoms with E-state index in [9.17, 15) is 13.2 Å². The van der Waals surface area contributed by atoms with Crippen LogP contribution in [0.2, 0.25) is 0 Å². The van der Waals surface area contributed by atoms with Crippen molar-refractivity contribution in [1.29, 1.82) is 0 Å². The minimum absolute atomic E-state index is 0. The van der Waals surface area contributed by atoms with E-state index in [4.69, 9.17) is 10.5 Å². The Morgan fingerprint density at radius 1 is 1.47 bits per heavy atom. The third-order valence-corrected chi connectivity index (χ3v) is 3.00. The van der Waals surface area contributed by atoms with Gasteiger partial charge in [0.15, 0.2) is 0 Å². The molecule has 2 nitrogen and oxygen atoms in total. The van der Waals surface area contributed by atoms with E-state index in [0.29, 0.717) is 11.3 Å². The molecule has 1 aliphatic heterocycles. The number of thiophene rings is 1. The van der Waals surface area contributed by atoms with Gasteiger partial charge >= 0.3 is 6.18 Å². The summed E-state index contributed by atoms with van der Waals surface area (Å²) in [5.74, 6) is -0.0239. The van der Waals surface area contributed by atoms with E-state index in [-0.39, 0.29) is 30.8 Å². The highest BCUT2D eigenvalue weighted by molar-refractivity contribution is 7.10. The van der Waals surface area contributed by atoms with Gasteiger partial charge in [-0.2, -0.15) is 13.2 Å². The van der Waals surface area contributed by atoms with Gasteiger partial charge < -0.3 is 10.5 Å². The van der Waals surface area contributed by atoms with E-state index >= 15 is 0 Å². The van der Waals surface area contributed by atoms with Crippen molar-refractivity contribution in [2.75, 3.05) is 6.61 Å². The number of fused-ring (bicyclic) bond motifs is 1. The maximum Gasteiger partial charge on any atom is 0.420 e. The predicted molar refractivity (Wildman–Crippen MR) is 53.7 cm³/mol. The molecule has 7 heteroatoms. The second kappa shape index (κ2) is 4.19. The van der Waals surface area contributed by atoms with Crippen LogP contribution < -0.4 is 10.5 Å². The summed E-state index contributed by atoms with van der Waals surface area (Å²) in [6.45, 7) is 0.160. The van der Waals surface area contributed by atoms with E-state index in [2.05, 4.69) is 0 Å². The van der Waals surface area contributed by atoms with Crippen LogP contribution in [0, 0.1) is 0 Å². The Balaban J connectivity index is 0.00000112. The van der Waals surface area contributed by atoms with Crippen molar-refractivity contribution in [2.45, 2.75) is 18.6 Å². The highest BCUT2D eigenvalue weighted by atomic mass is 35.5. The molecule has 2 rings (SSSR count). The zero-order valence-electron chi connectivity index (χ0n) is 7.50. The molecule has 0 saturated heterocycles. The number of rotatable bonds is 0. The molecule has 15 heavy (non-hydrogen) atoms. The molecule has 1 atom stereocenters. The van der Waals surface area contributed by atoms with E-state index in [0.717, 1.165) is 16.7 Å². The summed E-state index contributed by atoms with van der Waals surface area (Å²) in [5, 5.41) is 1.09. The van der Waals surface area contributed by atoms with Crippen LogP contribution in [0.1, 0.15) is 10.4 Å². The Morgan fingerprint density at radius 2 is 2.13 bits per heavy atom. The Kier molecular flexibility index (Phi) is 3.52. The van der Waals surface area contributed by atoms with Crippen LogP contribution in [-0.4, -0.2) is 12.6 Å². The van der Waals surface area contributed by atoms with Gasteiger partial charge in [-0.25, -0.2) is 0 Å². The summed E-state index contributed by atoms with van der Waals surface area (Å²) < 4.78 is 42.2. The molecule has 0 fully saturated rings. The SMILES string of the molecule is Cl.NC1COc2c(C(F)(F)F)csc2C1. The molecule has 0 saturated carbocycles. The molecule has 0 bridgehead atoms. The van der Waals surface area contributed by atoms with Gasteiger partial charge in [0, 0.05) is 22.7 Å². The van der Waals surface area contributed by atoms with Crippen LogP contribution in [0.5, 0.6) is 5.75 Å². The van der Waals surface area contributed by atoms with Crippen molar-refractivity contribution >= 4 is 23.7 Å². The second-order valence-electron chi connectivity index (χ2n) is 3.17. The summed E-state index contributed by atoms with van der Waals surface area (Å²) in [5.41, 5.74) is 4.89. The molecule has 0 spiro atoms. The number of ether oxygens (including phenoxy) is 1. The maximum absolute atomic E-state index is 12.4. The number of hydrogen-bond acceptors (Lipinski definition) is 3. The number of halogens is 4. The fourth-order valence-electron chi connectivity index (χ4n) is 1.37. The van der Waals surface area contributed by atoms with Gasteiger partial charge in [0.1, 0.15) is 17.9 Å². The van der Waals surface area contributed by atoms with E-state index in [1.54, 1.807) is 0 Å². The first-order valence-electron chi connectivity index (χ1n) is 4.04.